The van der Waals surface area contributed by atoms with Crippen LogP contribution >= 0.6 is 0 Å². The number of amides is 2. The van der Waals surface area contributed by atoms with Crippen LogP contribution in [0.25, 0.3) is 0 Å². The highest BCUT2D eigenvalue weighted by molar-refractivity contribution is 5.87. The normalized spacial score (nSPS) is 11.7. The second-order valence-corrected chi connectivity index (χ2v) is 4.30. The summed E-state index contributed by atoms with van der Waals surface area (Å²) in [6, 6.07) is 5.74. The summed E-state index contributed by atoms with van der Waals surface area (Å²) < 4.78 is 0. The lowest BCUT2D eigenvalue weighted by Crippen LogP contribution is -2.43. The zero-order valence-electron chi connectivity index (χ0n) is 11.0. The fraction of sp³-hybridized carbons (Fsp3) is 0.385. The lowest BCUT2D eigenvalue weighted by molar-refractivity contribution is 0.0697. The third-order valence-corrected chi connectivity index (χ3v) is 2.89. The quantitative estimate of drug-likeness (QED) is 0.739. The van der Waals surface area contributed by atoms with E-state index in [4.69, 9.17) is 10.2 Å². The predicted octanol–water partition coefficient (Wildman–Crippen LogP) is 0.907. The van der Waals surface area contributed by atoms with Crippen molar-refractivity contribution in [2.45, 2.75) is 19.5 Å². The number of carboxylic acids is 1. The van der Waals surface area contributed by atoms with Gasteiger partial charge in [-0.3, -0.25) is 0 Å². The van der Waals surface area contributed by atoms with Crippen molar-refractivity contribution >= 4 is 12.0 Å². The molecule has 104 valence electrons. The van der Waals surface area contributed by atoms with Gasteiger partial charge in [0.1, 0.15) is 0 Å². The van der Waals surface area contributed by atoms with Crippen molar-refractivity contribution in [3.63, 3.8) is 0 Å². The maximum atomic E-state index is 11.7. The summed E-state index contributed by atoms with van der Waals surface area (Å²) in [7, 11) is 1.60. The molecule has 1 aromatic carbocycles. The second-order valence-electron chi connectivity index (χ2n) is 4.30. The molecule has 0 fully saturated rings. The standard InChI is InChI=1S/C13H18N2O4/c1-9(8-16)15(2)13(19)14-7-10-3-5-11(6-4-10)12(17)18/h3-6,9,16H,7-8H2,1-2H3,(H,14,19)(H,17,18). The summed E-state index contributed by atoms with van der Waals surface area (Å²) in [5.41, 5.74) is 1.02. The Morgan fingerprint density at radius 1 is 1.32 bits per heavy atom. The van der Waals surface area contributed by atoms with Crippen molar-refractivity contribution in [2.75, 3.05) is 13.7 Å². The Morgan fingerprint density at radius 3 is 2.37 bits per heavy atom. The molecule has 6 heteroatoms. The first-order valence-corrected chi connectivity index (χ1v) is 5.89. The highest BCUT2D eigenvalue weighted by Crippen LogP contribution is 2.04. The minimum atomic E-state index is -0.980. The van der Waals surface area contributed by atoms with Crippen molar-refractivity contribution < 1.29 is 19.8 Å². The van der Waals surface area contributed by atoms with Gasteiger partial charge in [0.05, 0.1) is 18.2 Å². The smallest absolute Gasteiger partial charge is 0.335 e. The molecule has 0 radical (unpaired) electrons. The average molecular weight is 266 g/mol. The first-order valence-electron chi connectivity index (χ1n) is 5.89. The molecule has 1 aromatic rings. The molecule has 0 heterocycles. The van der Waals surface area contributed by atoms with Crippen LogP contribution in [0.2, 0.25) is 0 Å². The summed E-state index contributed by atoms with van der Waals surface area (Å²) >= 11 is 0. The first-order chi connectivity index (χ1) is 8.95. The van der Waals surface area contributed by atoms with Crippen LogP contribution in [0.3, 0.4) is 0 Å². The number of carbonyl (C=O) groups excluding carboxylic acids is 1. The number of nitrogens with zero attached hydrogens (tertiary/aromatic N) is 1. The van der Waals surface area contributed by atoms with Gasteiger partial charge in [-0.15, -0.1) is 0 Å². The lowest BCUT2D eigenvalue weighted by Gasteiger charge is -2.23. The average Bonchev–Trinajstić information content (AvgIpc) is 2.43. The van der Waals surface area contributed by atoms with E-state index in [1.165, 1.54) is 17.0 Å². The first kappa shape index (κ1) is 15.0. The predicted molar refractivity (Wildman–Crippen MR) is 69.9 cm³/mol. The Hall–Kier alpha value is -2.08. The zero-order valence-corrected chi connectivity index (χ0v) is 11.0. The number of rotatable bonds is 5. The maximum absolute atomic E-state index is 11.7. The number of aromatic carboxylic acids is 1. The van der Waals surface area contributed by atoms with Crippen LogP contribution in [0.5, 0.6) is 0 Å². The minimum absolute atomic E-state index is 0.1000. The molecule has 0 aliphatic heterocycles. The monoisotopic (exact) mass is 266 g/mol. The zero-order chi connectivity index (χ0) is 14.4. The third kappa shape index (κ3) is 4.26. The molecule has 0 spiro atoms. The van der Waals surface area contributed by atoms with Gasteiger partial charge in [0, 0.05) is 13.6 Å². The van der Waals surface area contributed by atoms with Crippen LogP contribution in [-0.2, 0) is 6.54 Å². The number of hydrogen-bond donors (Lipinski definition) is 3. The van der Waals surface area contributed by atoms with E-state index >= 15 is 0 Å². The minimum Gasteiger partial charge on any atom is -0.478 e. The number of nitrogens with one attached hydrogen (secondary N) is 1. The molecule has 0 aliphatic rings. The van der Waals surface area contributed by atoms with Gasteiger partial charge in [-0.25, -0.2) is 9.59 Å². The number of carboxylic acid groups (broad SMARTS) is 1. The van der Waals surface area contributed by atoms with E-state index in [9.17, 15) is 9.59 Å². The van der Waals surface area contributed by atoms with E-state index < -0.39 is 5.97 Å². The van der Waals surface area contributed by atoms with E-state index in [0.717, 1.165) is 5.56 Å². The third-order valence-electron chi connectivity index (χ3n) is 2.89. The molecule has 0 saturated heterocycles. The number of carbonyl (C=O) groups is 2. The van der Waals surface area contributed by atoms with Crippen LogP contribution in [0.15, 0.2) is 24.3 Å². The molecule has 1 unspecified atom stereocenters. The van der Waals surface area contributed by atoms with Crippen LogP contribution in [0.1, 0.15) is 22.8 Å². The Bertz CT molecular complexity index is 444. The topological polar surface area (TPSA) is 89.9 Å². The number of aliphatic hydroxyl groups excluding tert-OH is 1. The van der Waals surface area contributed by atoms with Gasteiger partial charge < -0.3 is 20.4 Å². The Morgan fingerprint density at radius 2 is 1.89 bits per heavy atom. The summed E-state index contributed by atoms with van der Waals surface area (Å²) in [6.45, 7) is 1.94. The summed E-state index contributed by atoms with van der Waals surface area (Å²) in [6.07, 6.45) is 0. The Kier molecular flexibility index (Phi) is 5.32. The molecular formula is C13H18N2O4. The largest absolute Gasteiger partial charge is 0.478 e. The fourth-order valence-electron chi connectivity index (χ4n) is 1.39. The molecule has 0 saturated carbocycles. The summed E-state index contributed by atoms with van der Waals surface area (Å²) in [5.74, 6) is -0.980. The van der Waals surface area contributed by atoms with E-state index in [0.29, 0.717) is 6.54 Å². The molecule has 0 aliphatic carbocycles. The van der Waals surface area contributed by atoms with Gasteiger partial charge in [0.2, 0.25) is 0 Å². The van der Waals surface area contributed by atoms with Gasteiger partial charge >= 0.3 is 12.0 Å². The van der Waals surface area contributed by atoms with E-state index in [1.807, 2.05) is 0 Å². The van der Waals surface area contributed by atoms with Gasteiger partial charge in [-0.2, -0.15) is 0 Å². The van der Waals surface area contributed by atoms with Gasteiger partial charge in [-0.1, -0.05) is 12.1 Å². The number of urea groups is 1. The van der Waals surface area contributed by atoms with Crippen molar-refractivity contribution in [3.8, 4) is 0 Å². The summed E-state index contributed by atoms with van der Waals surface area (Å²) in [5, 5.41) is 20.4. The Labute approximate surface area is 111 Å². The molecule has 3 N–H and O–H groups in total. The van der Waals surface area contributed by atoms with Crippen LogP contribution in [0.4, 0.5) is 4.79 Å². The second kappa shape index (κ2) is 6.75. The lowest BCUT2D eigenvalue weighted by atomic mass is 10.1. The van der Waals surface area contributed by atoms with Gasteiger partial charge in [0.25, 0.3) is 0 Å². The molecule has 2 amide bonds. The van der Waals surface area contributed by atoms with Gasteiger partial charge in [0.15, 0.2) is 0 Å². The molecule has 6 nitrogen and oxygen atoms in total. The molecule has 1 rings (SSSR count). The number of benzene rings is 1. The SMILES string of the molecule is CC(CO)N(C)C(=O)NCc1ccc(C(=O)O)cc1. The van der Waals surface area contributed by atoms with E-state index in [-0.39, 0.29) is 24.2 Å². The molecule has 19 heavy (non-hydrogen) atoms. The van der Waals surface area contributed by atoms with Crippen molar-refractivity contribution in [1.29, 1.82) is 0 Å². The fourth-order valence-corrected chi connectivity index (χ4v) is 1.39. The van der Waals surface area contributed by atoms with Crippen LogP contribution in [0, 0.1) is 0 Å². The molecular weight excluding hydrogens is 248 g/mol. The molecule has 0 bridgehead atoms. The van der Waals surface area contributed by atoms with Crippen molar-refractivity contribution in [1.82, 2.24) is 10.2 Å². The number of aliphatic hydroxyl groups is 1. The highest BCUT2D eigenvalue weighted by atomic mass is 16.4. The highest BCUT2D eigenvalue weighted by Gasteiger charge is 2.14. The van der Waals surface area contributed by atoms with Gasteiger partial charge in [-0.05, 0) is 24.6 Å². The van der Waals surface area contributed by atoms with Crippen molar-refractivity contribution in [3.05, 3.63) is 35.4 Å². The number of hydrogen-bond acceptors (Lipinski definition) is 3. The van der Waals surface area contributed by atoms with E-state index in [2.05, 4.69) is 5.32 Å². The Balaban J connectivity index is 2.52. The number of likely N-dealkylation sites (N-methyl/N-ethyl adjacent to an activating group) is 1. The van der Waals surface area contributed by atoms with Crippen molar-refractivity contribution in [2.24, 2.45) is 0 Å². The van der Waals surface area contributed by atoms with E-state index in [1.54, 1.807) is 26.1 Å². The van der Waals surface area contributed by atoms with Crippen LogP contribution < -0.4 is 5.32 Å². The molecule has 1 atom stereocenters. The van der Waals surface area contributed by atoms with Crippen LogP contribution in [-0.4, -0.2) is 46.8 Å². The molecule has 0 aromatic heterocycles. The summed E-state index contributed by atoms with van der Waals surface area (Å²) in [4.78, 5) is 23.8. The maximum Gasteiger partial charge on any atom is 0.335 e.